The highest BCUT2D eigenvalue weighted by atomic mass is 19.2. The topological polar surface area (TPSA) is 59.5 Å². The van der Waals surface area contributed by atoms with Crippen LogP contribution in [0.2, 0.25) is 0 Å². The summed E-state index contributed by atoms with van der Waals surface area (Å²) in [6.45, 7) is 1.32. The molecule has 0 saturated carbocycles. The summed E-state index contributed by atoms with van der Waals surface area (Å²) in [6.07, 6.45) is 4.75. The Hall–Kier alpha value is -3.40. The molecule has 0 aliphatic carbocycles. The van der Waals surface area contributed by atoms with Crippen LogP contribution in [0.25, 0.3) is 0 Å². The number of hydrogen-bond donors (Lipinski definition) is 1. The van der Waals surface area contributed by atoms with Gasteiger partial charge in [0, 0.05) is 24.8 Å². The van der Waals surface area contributed by atoms with E-state index < -0.39 is 35.4 Å². The van der Waals surface area contributed by atoms with Gasteiger partial charge in [-0.3, -0.25) is 0 Å². The Morgan fingerprint density at radius 1 is 0.939 bits per heavy atom. The third-order valence-corrected chi connectivity index (χ3v) is 5.29. The van der Waals surface area contributed by atoms with Gasteiger partial charge in [-0.25, -0.2) is 27.5 Å². The molecule has 10 heteroatoms. The van der Waals surface area contributed by atoms with Crippen LogP contribution in [0.5, 0.6) is 11.5 Å². The van der Waals surface area contributed by atoms with Gasteiger partial charge in [-0.2, -0.15) is 0 Å². The number of likely N-dealkylation sites (tertiary alicyclic amines) is 1. The standard InChI is InChI=1S/C23H22F4N4O2/c1-31-8-6-16(7-9-31)33-15-4-2-14(3-5-15)30-23-28-11-17(12-29-23)32-13-18-21(26)19(24)10-20(25)22(18)27/h2-5,10-12,16H,6-9,13H2,1H3,(H,28,29,30). The molecule has 33 heavy (non-hydrogen) atoms. The van der Waals surface area contributed by atoms with Gasteiger partial charge in [-0.1, -0.05) is 0 Å². The van der Waals surface area contributed by atoms with Gasteiger partial charge in [0.25, 0.3) is 0 Å². The molecule has 3 aromatic rings. The van der Waals surface area contributed by atoms with E-state index in [1.54, 1.807) is 0 Å². The second kappa shape index (κ2) is 10.0. The van der Waals surface area contributed by atoms with Crippen LogP contribution in [-0.2, 0) is 6.61 Å². The zero-order chi connectivity index (χ0) is 23.4. The fraction of sp³-hybridized carbons (Fsp3) is 0.304. The summed E-state index contributed by atoms with van der Waals surface area (Å²) >= 11 is 0. The van der Waals surface area contributed by atoms with Crippen molar-refractivity contribution >= 4 is 11.6 Å². The summed E-state index contributed by atoms with van der Waals surface area (Å²) < 4.78 is 65.2. The van der Waals surface area contributed by atoms with E-state index in [1.807, 2.05) is 24.3 Å². The number of nitrogens with one attached hydrogen (secondary N) is 1. The van der Waals surface area contributed by atoms with E-state index in [1.165, 1.54) is 12.4 Å². The molecular weight excluding hydrogens is 440 g/mol. The summed E-state index contributed by atoms with van der Waals surface area (Å²) in [6, 6.07) is 7.54. The number of aromatic nitrogens is 2. The number of halogens is 4. The van der Waals surface area contributed by atoms with Crippen LogP contribution in [0.3, 0.4) is 0 Å². The second-order valence-corrected chi connectivity index (χ2v) is 7.75. The van der Waals surface area contributed by atoms with Gasteiger partial charge in [0.1, 0.15) is 18.5 Å². The highest BCUT2D eigenvalue weighted by Gasteiger charge is 2.20. The van der Waals surface area contributed by atoms with Gasteiger partial charge >= 0.3 is 0 Å². The molecule has 0 spiro atoms. The molecular formula is C23H22F4N4O2. The first-order valence-corrected chi connectivity index (χ1v) is 10.4. The van der Waals surface area contributed by atoms with E-state index in [0.717, 1.165) is 37.4 Å². The zero-order valence-corrected chi connectivity index (χ0v) is 17.8. The van der Waals surface area contributed by atoms with Gasteiger partial charge in [0.15, 0.2) is 29.0 Å². The van der Waals surface area contributed by atoms with Crippen LogP contribution in [-0.4, -0.2) is 41.1 Å². The molecule has 6 nitrogen and oxygen atoms in total. The number of nitrogens with zero attached hydrogens (tertiary/aromatic N) is 3. The minimum absolute atomic E-state index is 0.0749. The summed E-state index contributed by atoms with van der Waals surface area (Å²) in [5, 5.41) is 3.02. The van der Waals surface area contributed by atoms with E-state index in [9.17, 15) is 17.6 Å². The lowest BCUT2D eigenvalue weighted by atomic mass is 10.1. The molecule has 0 radical (unpaired) electrons. The van der Waals surface area contributed by atoms with Gasteiger partial charge < -0.3 is 19.7 Å². The first-order valence-electron chi connectivity index (χ1n) is 10.4. The molecule has 4 rings (SSSR count). The van der Waals surface area contributed by atoms with E-state index in [4.69, 9.17) is 9.47 Å². The Labute approximate surface area is 188 Å². The second-order valence-electron chi connectivity index (χ2n) is 7.75. The summed E-state index contributed by atoms with van der Waals surface area (Å²) in [5.74, 6) is -4.87. The molecule has 0 unspecified atom stereocenters. The van der Waals surface area contributed by atoms with Crippen LogP contribution in [0.15, 0.2) is 42.7 Å². The minimum atomic E-state index is -1.50. The Kier molecular flexibility index (Phi) is 6.93. The predicted molar refractivity (Wildman–Crippen MR) is 114 cm³/mol. The highest BCUT2D eigenvalue weighted by Crippen LogP contribution is 2.23. The summed E-state index contributed by atoms with van der Waals surface area (Å²) in [5.41, 5.74) is -0.115. The van der Waals surface area contributed by atoms with Crippen LogP contribution in [0.4, 0.5) is 29.2 Å². The largest absolute Gasteiger partial charge is 0.490 e. The summed E-state index contributed by atoms with van der Waals surface area (Å²) in [7, 11) is 2.10. The van der Waals surface area contributed by atoms with Crippen molar-refractivity contribution in [1.82, 2.24) is 14.9 Å². The summed E-state index contributed by atoms with van der Waals surface area (Å²) in [4.78, 5) is 10.4. The fourth-order valence-corrected chi connectivity index (χ4v) is 3.40. The van der Waals surface area contributed by atoms with Crippen molar-refractivity contribution in [3.8, 4) is 11.5 Å². The van der Waals surface area contributed by atoms with Crippen molar-refractivity contribution in [2.75, 3.05) is 25.5 Å². The quantitative estimate of drug-likeness (QED) is 0.401. The predicted octanol–water partition coefficient (Wildman–Crippen LogP) is 4.83. The lowest BCUT2D eigenvalue weighted by Crippen LogP contribution is -2.35. The maximum absolute atomic E-state index is 13.7. The lowest BCUT2D eigenvalue weighted by molar-refractivity contribution is 0.114. The van der Waals surface area contributed by atoms with Crippen molar-refractivity contribution in [3.05, 3.63) is 71.6 Å². The van der Waals surface area contributed by atoms with Crippen LogP contribution in [0.1, 0.15) is 18.4 Å². The normalized spacial score (nSPS) is 14.8. The fourth-order valence-electron chi connectivity index (χ4n) is 3.40. The maximum atomic E-state index is 13.7. The highest BCUT2D eigenvalue weighted by molar-refractivity contribution is 5.54. The molecule has 0 bridgehead atoms. The number of ether oxygens (including phenoxy) is 2. The lowest BCUT2D eigenvalue weighted by Gasteiger charge is -2.29. The zero-order valence-electron chi connectivity index (χ0n) is 17.8. The van der Waals surface area contributed by atoms with Crippen molar-refractivity contribution in [2.24, 2.45) is 0 Å². The van der Waals surface area contributed by atoms with Crippen molar-refractivity contribution in [2.45, 2.75) is 25.6 Å². The number of piperidine rings is 1. The molecule has 1 saturated heterocycles. The smallest absolute Gasteiger partial charge is 0.227 e. The molecule has 1 N–H and O–H groups in total. The average Bonchev–Trinajstić information content (AvgIpc) is 2.81. The molecule has 1 aromatic heterocycles. The van der Waals surface area contributed by atoms with Gasteiger partial charge in [0.2, 0.25) is 5.95 Å². The molecule has 1 aliphatic rings. The molecule has 1 aliphatic heterocycles. The Morgan fingerprint density at radius 2 is 1.55 bits per heavy atom. The number of benzene rings is 2. The van der Waals surface area contributed by atoms with Crippen LogP contribution in [0, 0.1) is 23.3 Å². The third-order valence-electron chi connectivity index (χ3n) is 5.29. The Bertz CT molecular complexity index is 1060. The van der Waals surface area contributed by atoms with Crippen LogP contribution < -0.4 is 14.8 Å². The van der Waals surface area contributed by atoms with Gasteiger partial charge in [-0.15, -0.1) is 0 Å². The van der Waals surface area contributed by atoms with E-state index in [2.05, 4.69) is 27.2 Å². The van der Waals surface area contributed by atoms with Crippen molar-refractivity contribution in [1.29, 1.82) is 0 Å². The molecule has 1 fully saturated rings. The first kappa shape index (κ1) is 22.8. The van der Waals surface area contributed by atoms with Gasteiger partial charge in [0.05, 0.1) is 18.0 Å². The Balaban J connectivity index is 1.32. The molecule has 2 heterocycles. The van der Waals surface area contributed by atoms with E-state index in [-0.39, 0.29) is 23.9 Å². The number of rotatable bonds is 7. The maximum Gasteiger partial charge on any atom is 0.227 e. The Morgan fingerprint density at radius 3 is 2.15 bits per heavy atom. The minimum Gasteiger partial charge on any atom is -0.490 e. The SMILES string of the molecule is CN1CCC(Oc2ccc(Nc3ncc(OCc4c(F)c(F)cc(F)c4F)cn3)cc2)CC1. The van der Waals surface area contributed by atoms with Crippen molar-refractivity contribution < 1.29 is 27.0 Å². The van der Waals surface area contributed by atoms with E-state index in [0.29, 0.717) is 0 Å². The average molecular weight is 462 g/mol. The molecule has 174 valence electrons. The van der Waals surface area contributed by atoms with Gasteiger partial charge in [-0.05, 0) is 44.2 Å². The van der Waals surface area contributed by atoms with E-state index >= 15 is 0 Å². The number of anilines is 2. The number of hydrogen-bond acceptors (Lipinski definition) is 6. The monoisotopic (exact) mass is 462 g/mol. The molecule has 2 aromatic carbocycles. The van der Waals surface area contributed by atoms with Crippen molar-refractivity contribution in [3.63, 3.8) is 0 Å². The third kappa shape index (κ3) is 5.70. The molecule has 0 atom stereocenters. The van der Waals surface area contributed by atoms with Crippen LogP contribution >= 0.6 is 0 Å². The molecule has 0 amide bonds. The first-order chi connectivity index (χ1) is 15.9.